The van der Waals surface area contributed by atoms with Crippen molar-refractivity contribution in [3.8, 4) is 5.75 Å². The van der Waals surface area contributed by atoms with Gasteiger partial charge in [0.25, 0.3) is 0 Å². The molecule has 0 bridgehead atoms. The van der Waals surface area contributed by atoms with Gasteiger partial charge in [0, 0.05) is 25.3 Å². The molecule has 18 heavy (non-hydrogen) atoms. The first-order chi connectivity index (χ1) is 8.72. The maximum absolute atomic E-state index is 5.39. The zero-order chi connectivity index (χ0) is 13.0. The molecule has 1 aliphatic carbocycles. The van der Waals surface area contributed by atoms with Crippen molar-refractivity contribution in [2.45, 2.75) is 44.9 Å². The van der Waals surface area contributed by atoms with Crippen LogP contribution in [0, 0.1) is 6.92 Å². The highest BCUT2D eigenvalue weighted by Crippen LogP contribution is 2.23. The van der Waals surface area contributed by atoms with Gasteiger partial charge in [-0.3, -0.25) is 0 Å². The van der Waals surface area contributed by atoms with Crippen LogP contribution in [0.2, 0.25) is 0 Å². The first-order valence-corrected chi connectivity index (χ1v) is 6.62. The molecule has 1 aliphatic rings. The third-order valence-corrected chi connectivity index (χ3v) is 3.73. The molecule has 1 saturated carbocycles. The van der Waals surface area contributed by atoms with E-state index in [0.29, 0.717) is 12.1 Å². The Hall–Kier alpha value is -1.06. The average Bonchev–Trinajstić information content (AvgIpc) is 2.84. The number of methoxy groups -OCH3 is 2. The molecule has 0 heterocycles. The Morgan fingerprint density at radius 2 is 2.11 bits per heavy atom. The second-order valence-electron chi connectivity index (χ2n) is 5.06. The number of rotatable bonds is 5. The van der Waals surface area contributed by atoms with Crippen LogP contribution in [0.25, 0.3) is 0 Å². The fraction of sp³-hybridized carbons (Fsp3) is 0.600. The molecule has 1 fully saturated rings. The number of hydrogen-bond acceptors (Lipinski definition) is 3. The zero-order valence-corrected chi connectivity index (χ0v) is 11.5. The summed E-state index contributed by atoms with van der Waals surface area (Å²) in [6.45, 7) is 2.98. The molecule has 0 amide bonds. The monoisotopic (exact) mass is 249 g/mol. The molecule has 0 aliphatic heterocycles. The number of hydrogen-bond donors (Lipinski definition) is 1. The van der Waals surface area contributed by atoms with Gasteiger partial charge >= 0.3 is 0 Å². The second-order valence-corrected chi connectivity index (χ2v) is 5.06. The van der Waals surface area contributed by atoms with E-state index in [1.54, 1.807) is 14.2 Å². The summed E-state index contributed by atoms with van der Waals surface area (Å²) in [6, 6.07) is 6.88. The summed E-state index contributed by atoms with van der Waals surface area (Å²) in [5, 5.41) is 3.60. The first-order valence-electron chi connectivity index (χ1n) is 6.62. The Morgan fingerprint density at radius 1 is 1.28 bits per heavy atom. The van der Waals surface area contributed by atoms with E-state index in [2.05, 4.69) is 24.4 Å². The van der Waals surface area contributed by atoms with E-state index in [1.165, 1.54) is 24.0 Å². The lowest BCUT2D eigenvalue weighted by molar-refractivity contribution is 0.107. The third-order valence-electron chi connectivity index (χ3n) is 3.73. The minimum atomic E-state index is 0.432. The van der Waals surface area contributed by atoms with Crippen molar-refractivity contribution in [1.29, 1.82) is 0 Å². The SMILES string of the molecule is COc1ccc(C)cc1CNC1CCC(OC)C1. The van der Waals surface area contributed by atoms with Gasteiger partial charge in [-0.1, -0.05) is 17.7 Å². The van der Waals surface area contributed by atoms with Crippen LogP contribution in [0.15, 0.2) is 18.2 Å². The largest absolute Gasteiger partial charge is 0.496 e. The number of nitrogens with one attached hydrogen (secondary N) is 1. The van der Waals surface area contributed by atoms with E-state index in [1.807, 2.05) is 6.07 Å². The molecule has 1 aromatic rings. The Labute approximate surface area is 109 Å². The highest BCUT2D eigenvalue weighted by molar-refractivity contribution is 5.36. The number of ether oxygens (including phenoxy) is 2. The van der Waals surface area contributed by atoms with Gasteiger partial charge in [0.1, 0.15) is 5.75 Å². The van der Waals surface area contributed by atoms with Gasteiger partial charge in [0.15, 0.2) is 0 Å². The van der Waals surface area contributed by atoms with Crippen LogP contribution in [0.1, 0.15) is 30.4 Å². The number of benzene rings is 1. The minimum Gasteiger partial charge on any atom is -0.496 e. The van der Waals surface area contributed by atoms with Crippen LogP contribution in [0.4, 0.5) is 0 Å². The van der Waals surface area contributed by atoms with Crippen molar-refractivity contribution in [2.24, 2.45) is 0 Å². The minimum absolute atomic E-state index is 0.432. The van der Waals surface area contributed by atoms with Crippen molar-refractivity contribution in [1.82, 2.24) is 5.32 Å². The first kappa shape index (κ1) is 13.4. The molecule has 0 radical (unpaired) electrons. The Bertz CT molecular complexity index is 392. The smallest absolute Gasteiger partial charge is 0.123 e. The third kappa shape index (κ3) is 3.24. The lowest BCUT2D eigenvalue weighted by Gasteiger charge is -2.15. The molecular weight excluding hydrogens is 226 g/mol. The number of aryl methyl sites for hydroxylation is 1. The lowest BCUT2D eigenvalue weighted by atomic mass is 10.1. The van der Waals surface area contributed by atoms with E-state index in [4.69, 9.17) is 9.47 Å². The van der Waals surface area contributed by atoms with Crippen LogP contribution >= 0.6 is 0 Å². The lowest BCUT2D eigenvalue weighted by Crippen LogP contribution is -2.26. The van der Waals surface area contributed by atoms with E-state index in [9.17, 15) is 0 Å². The molecule has 0 saturated heterocycles. The zero-order valence-electron chi connectivity index (χ0n) is 11.5. The normalized spacial score (nSPS) is 23.3. The molecule has 1 N–H and O–H groups in total. The predicted molar refractivity (Wildman–Crippen MR) is 73.0 cm³/mol. The van der Waals surface area contributed by atoms with Gasteiger partial charge in [-0.2, -0.15) is 0 Å². The van der Waals surface area contributed by atoms with Crippen molar-refractivity contribution >= 4 is 0 Å². The van der Waals surface area contributed by atoms with Crippen LogP contribution in [-0.4, -0.2) is 26.4 Å². The molecule has 2 rings (SSSR count). The molecule has 2 unspecified atom stereocenters. The standard InChI is InChI=1S/C15H23NO2/c1-11-4-7-15(18-3)12(8-11)10-16-13-5-6-14(9-13)17-2/h4,7-8,13-14,16H,5-6,9-10H2,1-3H3. The molecule has 1 aromatic carbocycles. The summed E-state index contributed by atoms with van der Waals surface area (Å²) >= 11 is 0. The Kier molecular flexibility index (Phi) is 4.61. The maximum Gasteiger partial charge on any atom is 0.123 e. The van der Waals surface area contributed by atoms with E-state index < -0.39 is 0 Å². The molecular formula is C15H23NO2. The molecule has 3 heteroatoms. The second kappa shape index (κ2) is 6.21. The van der Waals surface area contributed by atoms with E-state index >= 15 is 0 Å². The van der Waals surface area contributed by atoms with Crippen molar-refractivity contribution < 1.29 is 9.47 Å². The summed E-state index contributed by atoms with van der Waals surface area (Å²) in [6.07, 6.45) is 3.91. The summed E-state index contributed by atoms with van der Waals surface area (Å²) in [5.74, 6) is 0.967. The van der Waals surface area contributed by atoms with Gasteiger partial charge in [-0.25, -0.2) is 0 Å². The average molecular weight is 249 g/mol. The predicted octanol–water partition coefficient (Wildman–Crippen LogP) is 2.66. The highest BCUT2D eigenvalue weighted by Gasteiger charge is 2.23. The highest BCUT2D eigenvalue weighted by atomic mass is 16.5. The molecule has 2 atom stereocenters. The van der Waals surface area contributed by atoms with Crippen molar-refractivity contribution in [3.05, 3.63) is 29.3 Å². The van der Waals surface area contributed by atoms with Gasteiger partial charge in [-0.05, 0) is 32.3 Å². The van der Waals surface area contributed by atoms with Crippen LogP contribution in [-0.2, 0) is 11.3 Å². The fourth-order valence-corrected chi connectivity index (χ4v) is 2.64. The van der Waals surface area contributed by atoms with Gasteiger partial charge in [0.2, 0.25) is 0 Å². The molecule has 0 aromatic heterocycles. The van der Waals surface area contributed by atoms with Crippen LogP contribution in [0.5, 0.6) is 5.75 Å². The molecule has 3 nitrogen and oxygen atoms in total. The summed E-state index contributed by atoms with van der Waals surface area (Å²) < 4.78 is 10.8. The summed E-state index contributed by atoms with van der Waals surface area (Å²) in [5.41, 5.74) is 2.51. The van der Waals surface area contributed by atoms with Crippen LogP contribution < -0.4 is 10.1 Å². The van der Waals surface area contributed by atoms with Gasteiger partial charge in [-0.15, -0.1) is 0 Å². The Balaban J connectivity index is 1.92. The summed E-state index contributed by atoms with van der Waals surface area (Å²) in [4.78, 5) is 0. The molecule has 100 valence electrons. The topological polar surface area (TPSA) is 30.5 Å². The van der Waals surface area contributed by atoms with Crippen molar-refractivity contribution in [3.63, 3.8) is 0 Å². The Morgan fingerprint density at radius 3 is 2.78 bits per heavy atom. The molecule has 0 spiro atoms. The fourth-order valence-electron chi connectivity index (χ4n) is 2.64. The maximum atomic E-state index is 5.39. The van der Waals surface area contributed by atoms with E-state index in [0.717, 1.165) is 18.7 Å². The van der Waals surface area contributed by atoms with Crippen LogP contribution in [0.3, 0.4) is 0 Å². The van der Waals surface area contributed by atoms with Crippen molar-refractivity contribution in [2.75, 3.05) is 14.2 Å². The van der Waals surface area contributed by atoms with Gasteiger partial charge < -0.3 is 14.8 Å². The quantitative estimate of drug-likeness (QED) is 0.870. The van der Waals surface area contributed by atoms with Gasteiger partial charge in [0.05, 0.1) is 13.2 Å². The summed E-state index contributed by atoms with van der Waals surface area (Å²) in [7, 11) is 3.53. The van der Waals surface area contributed by atoms with E-state index in [-0.39, 0.29) is 0 Å².